The highest BCUT2D eigenvalue weighted by Gasteiger charge is 2.03. The summed E-state index contributed by atoms with van der Waals surface area (Å²) in [6.45, 7) is 2.06. The highest BCUT2D eigenvalue weighted by molar-refractivity contribution is 7.80. The number of amides is 1. The summed E-state index contributed by atoms with van der Waals surface area (Å²) in [4.78, 5) is 11.5. The van der Waals surface area contributed by atoms with Crippen molar-refractivity contribution in [3.63, 3.8) is 0 Å². The Bertz CT molecular complexity index is 361. The highest BCUT2D eigenvalue weighted by Crippen LogP contribution is 2.04. The van der Waals surface area contributed by atoms with Crippen LogP contribution in [0.1, 0.15) is 22.8 Å². The molecule has 1 rings (SSSR count). The molecule has 0 radical (unpaired) electrons. The van der Waals surface area contributed by atoms with E-state index in [1.165, 1.54) is 5.56 Å². The van der Waals surface area contributed by atoms with Crippen LogP contribution in [0.2, 0.25) is 0 Å². The van der Waals surface area contributed by atoms with Gasteiger partial charge >= 0.3 is 0 Å². The molecule has 1 aromatic carbocycles. The standard InChI is InChI=1S/C10H13N3OS/c1-2-7-3-5-8(6-4-7)9(14)12-13-10(11)15/h3-6H,2H2,1H3,(H,12,14)(H3,11,13,15). The van der Waals surface area contributed by atoms with E-state index >= 15 is 0 Å². The Labute approximate surface area is 93.8 Å². The van der Waals surface area contributed by atoms with Crippen LogP contribution in [0.15, 0.2) is 24.3 Å². The zero-order valence-electron chi connectivity index (χ0n) is 8.41. The zero-order valence-corrected chi connectivity index (χ0v) is 9.23. The Hall–Kier alpha value is -1.62. The zero-order chi connectivity index (χ0) is 11.3. The van der Waals surface area contributed by atoms with Crippen molar-refractivity contribution < 1.29 is 4.79 Å². The van der Waals surface area contributed by atoms with Crippen LogP contribution in [0.5, 0.6) is 0 Å². The van der Waals surface area contributed by atoms with E-state index in [4.69, 9.17) is 5.73 Å². The molecule has 0 aromatic heterocycles. The van der Waals surface area contributed by atoms with Crippen molar-refractivity contribution in [1.29, 1.82) is 0 Å². The van der Waals surface area contributed by atoms with Crippen molar-refractivity contribution >= 4 is 23.2 Å². The number of rotatable bonds is 2. The van der Waals surface area contributed by atoms with Crippen molar-refractivity contribution in [3.8, 4) is 0 Å². The van der Waals surface area contributed by atoms with Gasteiger partial charge in [0.1, 0.15) is 0 Å². The van der Waals surface area contributed by atoms with Gasteiger partial charge in [-0.2, -0.15) is 0 Å². The van der Waals surface area contributed by atoms with Crippen LogP contribution >= 0.6 is 12.2 Å². The van der Waals surface area contributed by atoms with Gasteiger partial charge in [0.25, 0.3) is 5.91 Å². The predicted octanol–water partition coefficient (Wildman–Crippen LogP) is 0.727. The van der Waals surface area contributed by atoms with Crippen LogP contribution in [0.25, 0.3) is 0 Å². The second-order valence-corrected chi connectivity index (χ2v) is 3.43. The number of carbonyl (C=O) groups excluding carboxylic acids is 1. The molecule has 0 spiro atoms. The van der Waals surface area contributed by atoms with Gasteiger partial charge in [-0.15, -0.1) is 0 Å². The van der Waals surface area contributed by atoms with Crippen molar-refractivity contribution in [2.75, 3.05) is 0 Å². The normalized spacial score (nSPS) is 9.40. The Morgan fingerprint density at radius 1 is 1.33 bits per heavy atom. The van der Waals surface area contributed by atoms with Crippen LogP contribution in [0, 0.1) is 0 Å². The predicted molar refractivity (Wildman–Crippen MR) is 63.2 cm³/mol. The van der Waals surface area contributed by atoms with E-state index in [-0.39, 0.29) is 11.0 Å². The third-order valence-corrected chi connectivity index (χ3v) is 2.03. The summed E-state index contributed by atoms with van der Waals surface area (Å²) < 4.78 is 0. The second-order valence-electron chi connectivity index (χ2n) is 2.99. The first kappa shape index (κ1) is 11.5. The molecule has 1 amide bonds. The molecular formula is C10H13N3OS. The number of hydrogen-bond acceptors (Lipinski definition) is 2. The van der Waals surface area contributed by atoms with Gasteiger partial charge in [0.15, 0.2) is 5.11 Å². The van der Waals surface area contributed by atoms with E-state index in [1.807, 2.05) is 12.1 Å². The third kappa shape index (κ3) is 3.55. The SMILES string of the molecule is CCc1ccc(C(=O)NNC(N)=S)cc1. The van der Waals surface area contributed by atoms with Gasteiger partial charge in [-0.25, -0.2) is 0 Å². The van der Waals surface area contributed by atoms with Gasteiger partial charge in [-0.3, -0.25) is 15.6 Å². The molecule has 0 fully saturated rings. The number of benzene rings is 1. The van der Waals surface area contributed by atoms with Crippen LogP contribution in [0.4, 0.5) is 0 Å². The van der Waals surface area contributed by atoms with E-state index in [2.05, 4.69) is 30.0 Å². The summed E-state index contributed by atoms with van der Waals surface area (Å²) >= 11 is 4.56. The van der Waals surface area contributed by atoms with E-state index in [0.29, 0.717) is 5.56 Å². The largest absolute Gasteiger partial charge is 0.375 e. The van der Waals surface area contributed by atoms with Gasteiger partial charge in [0, 0.05) is 5.56 Å². The summed E-state index contributed by atoms with van der Waals surface area (Å²) in [6.07, 6.45) is 0.951. The highest BCUT2D eigenvalue weighted by atomic mass is 32.1. The molecule has 80 valence electrons. The van der Waals surface area contributed by atoms with E-state index in [9.17, 15) is 4.79 Å². The molecular weight excluding hydrogens is 210 g/mol. The van der Waals surface area contributed by atoms with Crippen LogP contribution in [-0.2, 0) is 6.42 Å². The minimum absolute atomic E-state index is 0.0357. The molecule has 0 bridgehead atoms. The maximum Gasteiger partial charge on any atom is 0.269 e. The maximum atomic E-state index is 11.5. The van der Waals surface area contributed by atoms with E-state index < -0.39 is 0 Å². The Balaban J connectivity index is 2.62. The lowest BCUT2D eigenvalue weighted by atomic mass is 10.1. The van der Waals surface area contributed by atoms with Gasteiger partial charge in [0.05, 0.1) is 0 Å². The fourth-order valence-electron chi connectivity index (χ4n) is 1.08. The van der Waals surface area contributed by atoms with Crippen LogP contribution in [0.3, 0.4) is 0 Å². The summed E-state index contributed by atoms with van der Waals surface area (Å²) in [5, 5.41) is 0.0357. The molecule has 0 aliphatic rings. The molecule has 1 aromatic rings. The second kappa shape index (κ2) is 5.31. The summed E-state index contributed by atoms with van der Waals surface area (Å²) in [7, 11) is 0. The molecule has 0 heterocycles. The first-order valence-electron chi connectivity index (χ1n) is 4.58. The van der Waals surface area contributed by atoms with Crippen molar-refractivity contribution in [2.45, 2.75) is 13.3 Å². The monoisotopic (exact) mass is 223 g/mol. The molecule has 0 atom stereocenters. The Kier molecular flexibility index (Phi) is 4.05. The lowest BCUT2D eigenvalue weighted by Crippen LogP contribution is -2.44. The molecule has 0 saturated carbocycles. The smallest absolute Gasteiger partial charge is 0.269 e. The Morgan fingerprint density at radius 2 is 1.93 bits per heavy atom. The average Bonchev–Trinajstić information content (AvgIpc) is 2.26. The summed E-state index contributed by atoms with van der Waals surface area (Å²) in [5.74, 6) is -0.259. The lowest BCUT2D eigenvalue weighted by Gasteiger charge is -2.06. The minimum Gasteiger partial charge on any atom is -0.375 e. The first-order valence-corrected chi connectivity index (χ1v) is 4.99. The molecule has 4 nitrogen and oxygen atoms in total. The van der Waals surface area contributed by atoms with Gasteiger partial charge in [-0.1, -0.05) is 19.1 Å². The van der Waals surface area contributed by atoms with Crippen molar-refractivity contribution in [2.24, 2.45) is 5.73 Å². The molecule has 0 aliphatic carbocycles. The fourth-order valence-corrected chi connectivity index (χ4v) is 1.13. The molecule has 0 aliphatic heterocycles. The van der Waals surface area contributed by atoms with E-state index in [0.717, 1.165) is 6.42 Å². The average molecular weight is 223 g/mol. The number of carbonyl (C=O) groups is 1. The Morgan fingerprint density at radius 3 is 2.40 bits per heavy atom. The molecule has 4 N–H and O–H groups in total. The summed E-state index contributed by atoms with van der Waals surface area (Å²) in [5.41, 5.74) is 11.7. The quantitative estimate of drug-likeness (QED) is 0.511. The van der Waals surface area contributed by atoms with Gasteiger partial charge in [-0.05, 0) is 36.3 Å². The van der Waals surface area contributed by atoms with Crippen molar-refractivity contribution in [1.82, 2.24) is 10.9 Å². The number of nitrogens with one attached hydrogen (secondary N) is 2. The number of nitrogens with two attached hydrogens (primary N) is 1. The van der Waals surface area contributed by atoms with Gasteiger partial charge < -0.3 is 5.73 Å². The minimum atomic E-state index is -0.259. The topological polar surface area (TPSA) is 67.2 Å². The van der Waals surface area contributed by atoms with Gasteiger partial charge in [0.2, 0.25) is 0 Å². The molecule has 15 heavy (non-hydrogen) atoms. The number of thiocarbonyl (C=S) groups is 1. The summed E-state index contributed by atoms with van der Waals surface area (Å²) in [6, 6.07) is 7.34. The lowest BCUT2D eigenvalue weighted by molar-refractivity contribution is 0.0944. The maximum absolute atomic E-state index is 11.5. The van der Waals surface area contributed by atoms with Crippen molar-refractivity contribution in [3.05, 3.63) is 35.4 Å². The first-order chi connectivity index (χ1) is 7.13. The third-order valence-electron chi connectivity index (χ3n) is 1.92. The molecule has 0 saturated heterocycles. The van der Waals surface area contributed by atoms with Crippen LogP contribution < -0.4 is 16.6 Å². The number of aryl methyl sites for hydroxylation is 1. The number of hydrogen-bond donors (Lipinski definition) is 3. The number of hydrazine groups is 1. The molecule has 0 unspecified atom stereocenters. The fraction of sp³-hybridized carbons (Fsp3) is 0.200. The van der Waals surface area contributed by atoms with E-state index in [1.54, 1.807) is 12.1 Å². The van der Waals surface area contributed by atoms with Crippen LogP contribution in [-0.4, -0.2) is 11.0 Å². The molecule has 5 heteroatoms.